The van der Waals surface area contributed by atoms with Gasteiger partial charge in [0.15, 0.2) is 0 Å². The number of unbranched alkanes of at least 4 members (excludes halogenated alkanes) is 13. The summed E-state index contributed by atoms with van der Waals surface area (Å²) >= 11 is 0. The highest BCUT2D eigenvalue weighted by Crippen LogP contribution is 2.13. The third-order valence-corrected chi connectivity index (χ3v) is 5.41. The summed E-state index contributed by atoms with van der Waals surface area (Å²) in [4.78, 5) is 23.6. The molecule has 0 atom stereocenters. The molecule has 3 N–H and O–H groups in total. The second-order valence-corrected chi connectivity index (χ2v) is 8.20. The molecule has 2 amide bonds. The number of phenols is 1. The third-order valence-electron chi connectivity index (χ3n) is 5.41. The first-order chi connectivity index (χ1) is 14.6. The summed E-state index contributed by atoms with van der Waals surface area (Å²) in [6.45, 7) is 3.08. The fraction of sp³-hybridized carbons (Fsp3) is 0.680. The minimum absolute atomic E-state index is 0.177. The quantitative estimate of drug-likeness (QED) is 0.227. The van der Waals surface area contributed by atoms with Gasteiger partial charge in [0, 0.05) is 13.1 Å². The molecule has 5 heteroatoms. The number of hydrogen-bond donors (Lipinski definition) is 3. The Morgan fingerprint density at radius 1 is 0.667 bits per heavy atom. The number of nitrogens with one attached hydrogen (secondary N) is 2. The normalized spacial score (nSPS) is 10.7. The monoisotopic (exact) mass is 418 g/mol. The summed E-state index contributed by atoms with van der Waals surface area (Å²) in [5.74, 6) is -1.02. The van der Waals surface area contributed by atoms with E-state index >= 15 is 0 Å². The number of carbonyl (C=O) groups is 2. The second kappa shape index (κ2) is 17.8. The van der Waals surface area contributed by atoms with Crippen LogP contribution in [0.4, 0.5) is 0 Å². The predicted molar refractivity (Wildman–Crippen MR) is 123 cm³/mol. The van der Waals surface area contributed by atoms with Gasteiger partial charge in [-0.1, -0.05) is 103 Å². The van der Waals surface area contributed by atoms with Crippen LogP contribution in [0.3, 0.4) is 0 Å². The van der Waals surface area contributed by atoms with Gasteiger partial charge in [-0.2, -0.15) is 0 Å². The first-order valence-corrected chi connectivity index (χ1v) is 12.0. The van der Waals surface area contributed by atoms with Crippen molar-refractivity contribution in [3.8, 4) is 5.75 Å². The molecule has 0 spiro atoms. The van der Waals surface area contributed by atoms with Crippen LogP contribution in [-0.4, -0.2) is 23.5 Å². The molecule has 1 aromatic carbocycles. The molecule has 0 aromatic heterocycles. The van der Waals surface area contributed by atoms with Crippen molar-refractivity contribution in [2.24, 2.45) is 0 Å². The fourth-order valence-electron chi connectivity index (χ4n) is 3.48. The van der Waals surface area contributed by atoms with E-state index in [1.54, 1.807) is 24.3 Å². The van der Waals surface area contributed by atoms with Crippen LogP contribution < -0.4 is 10.6 Å². The molecular weight excluding hydrogens is 376 g/mol. The summed E-state index contributed by atoms with van der Waals surface area (Å²) in [6.07, 6.45) is 18.2. The van der Waals surface area contributed by atoms with E-state index in [9.17, 15) is 14.7 Å². The molecule has 0 saturated carbocycles. The van der Waals surface area contributed by atoms with Crippen molar-refractivity contribution in [1.29, 1.82) is 0 Å². The van der Waals surface area contributed by atoms with Gasteiger partial charge in [0.25, 0.3) is 0 Å². The number of amides is 2. The van der Waals surface area contributed by atoms with Crippen LogP contribution in [0.5, 0.6) is 5.75 Å². The SMILES string of the molecule is CCCCCCCCCCCCCCCCNC(=O)C(=O)NCc1ccc(O)cc1. The lowest BCUT2D eigenvalue weighted by molar-refractivity contribution is -0.139. The lowest BCUT2D eigenvalue weighted by Gasteiger charge is -2.07. The Balaban J connectivity index is 1.87. The highest BCUT2D eigenvalue weighted by atomic mass is 16.3. The molecular formula is C25H42N2O3. The van der Waals surface area contributed by atoms with Gasteiger partial charge in [0.1, 0.15) is 5.75 Å². The van der Waals surface area contributed by atoms with Gasteiger partial charge in [-0.3, -0.25) is 9.59 Å². The topological polar surface area (TPSA) is 78.4 Å². The standard InChI is InChI=1S/C25H42N2O3/c1-2-3-4-5-6-7-8-9-10-11-12-13-14-15-20-26-24(29)25(30)27-21-22-16-18-23(28)19-17-22/h16-19,28H,2-15,20-21H2,1H3,(H,26,29)(H,27,30). The van der Waals surface area contributed by atoms with E-state index in [2.05, 4.69) is 17.6 Å². The highest BCUT2D eigenvalue weighted by Gasteiger charge is 2.11. The smallest absolute Gasteiger partial charge is 0.309 e. The minimum Gasteiger partial charge on any atom is -0.508 e. The van der Waals surface area contributed by atoms with Crippen molar-refractivity contribution < 1.29 is 14.7 Å². The molecule has 0 fully saturated rings. The molecule has 0 bridgehead atoms. The van der Waals surface area contributed by atoms with Gasteiger partial charge in [0.05, 0.1) is 0 Å². The average Bonchev–Trinajstić information content (AvgIpc) is 2.75. The molecule has 0 aliphatic carbocycles. The maximum Gasteiger partial charge on any atom is 0.309 e. The van der Waals surface area contributed by atoms with E-state index in [0.717, 1.165) is 18.4 Å². The fourth-order valence-corrected chi connectivity index (χ4v) is 3.48. The second-order valence-electron chi connectivity index (χ2n) is 8.20. The lowest BCUT2D eigenvalue weighted by atomic mass is 10.0. The molecule has 0 heterocycles. The predicted octanol–water partition coefficient (Wildman–Crippen LogP) is 5.61. The van der Waals surface area contributed by atoms with Crippen molar-refractivity contribution in [3.05, 3.63) is 29.8 Å². The number of carbonyl (C=O) groups excluding carboxylic acids is 2. The van der Waals surface area contributed by atoms with E-state index in [1.165, 1.54) is 77.0 Å². The summed E-state index contributed by atoms with van der Waals surface area (Å²) < 4.78 is 0. The van der Waals surface area contributed by atoms with Crippen LogP contribution in [0.1, 0.15) is 102 Å². The molecule has 0 aliphatic heterocycles. The van der Waals surface area contributed by atoms with E-state index in [-0.39, 0.29) is 12.3 Å². The van der Waals surface area contributed by atoms with Crippen molar-refractivity contribution in [3.63, 3.8) is 0 Å². The van der Waals surface area contributed by atoms with Crippen LogP contribution in [0.2, 0.25) is 0 Å². The Morgan fingerprint density at radius 3 is 1.60 bits per heavy atom. The molecule has 30 heavy (non-hydrogen) atoms. The Kier molecular flexibility index (Phi) is 15.4. The summed E-state index contributed by atoms with van der Waals surface area (Å²) in [7, 11) is 0. The largest absolute Gasteiger partial charge is 0.508 e. The van der Waals surface area contributed by atoms with Crippen LogP contribution in [-0.2, 0) is 16.1 Å². The zero-order chi connectivity index (χ0) is 21.9. The Labute approximate surface area is 183 Å². The highest BCUT2D eigenvalue weighted by molar-refractivity contribution is 6.35. The van der Waals surface area contributed by atoms with Gasteiger partial charge in [0.2, 0.25) is 0 Å². The van der Waals surface area contributed by atoms with Crippen molar-refractivity contribution in [2.75, 3.05) is 6.54 Å². The zero-order valence-corrected chi connectivity index (χ0v) is 18.9. The summed E-state index contributed by atoms with van der Waals surface area (Å²) in [6, 6.07) is 6.53. The number of benzene rings is 1. The van der Waals surface area contributed by atoms with Crippen molar-refractivity contribution in [2.45, 2.75) is 103 Å². The van der Waals surface area contributed by atoms with Crippen molar-refractivity contribution in [1.82, 2.24) is 10.6 Å². The van der Waals surface area contributed by atoms with E-state index in [1.807, 2.05) is 0 Å². The van der Waals surface area contributed by atoms with Crippen molar-refractivity contribution >= 4 is 11.8 Å². The molecule has 1 aromatic rings. The van der Waals surface area contributed by atoms with Crippen LogP contribution in [0.25, 0.3) is 0 Å². The molecule has 0 radical (unpaired) electrons. The van der Waals surface area contributed by atoms with Gasteiger partial charge in [-0.05, 0) is 24.1 Å². The van der Waals surface area contributed by atoms with Crippen LogP contribution in [0.15, 0.2) is 24.3 Å². The average molecular weight is 419 g/mol. The molecule has 1 rings (SSSR count). The van der Waals surface area contributed by atoms with E-state index in [4.69, 9.17) is 0 Å². The minimum atomic E-state index is -0.617. The molecule has 0 aliphatic rings. The maximum absolute atomic E-state index is 11.8. The lowest BCUT2D eigenvalue weighted by Crippen LogP contribution is -2.39. The first-order valence-electron chi connectivity index (χ1n) is 12.0. The van der Waals surface area contributed by atoms with Crippen LogP contribution >= 0.6 is 0 Å². The summed E-state index contributed by atoms with van der Waals surface area (Å²) in [5.41, 5.74) is 0.834. The molecule has 170 valence electrons. The van der Waals surface area contributed by atoms with Gasteiger partial charge < -0.3 is 15.7 Å². The molecule has 0 saturated heterocycles. The van der Waals surface area contributed by atoms with Gasteiger partial charge in [-0.15, -0.1) is 0 Å². The Morgan fingerprint density at radius 2 is 1.10 bits per heavy atom. The van der Waals surface area contributed by atoms with E-state index in [0.29, 0.717) is 6.54 Å². The number of aromatic hydroxyl groups is 1. The molecule has 0 unspecified atom stereocenters. The van der Waals surface area contributed by atoms with Gasteiger partial charge >= 0.3 is 11.8 Å². The van der Waals surface area contributed by atoms with E-state index < -0.39 is 11.8 Å². The summed E-state index contributed by atoms with van der Waals surface area (Å²) in [5, 5.41) is 14.5. The Bertz CT molecular complexity index is 572. The van der Waals surface area contributed by atoms with Gasteiger partial charge in [-0.25, -0.2) is 0 Å². The number of hydrogen-bond acceptors (Lipinski definition) is 3. The third kappa shape index (κ3) is 14.0. The first kappa shape index (κ1) is 26.0. The zero-order valence-electron chi connectivity index (χ0n) is 18.9. The number of rotatable bonds is 17. The molecule has 5 nitrogen and oxygen atoms in total. The Hall–Kier alpha value is -2.04. The number of phenolic OH excluding ortho intramolecular Hbond substituents is 1. The van der Waals surface area contributed by atoms with Crippen LogP contribution in [0, 0.1) is 0 Å². The maximum atomic E-state index is 11.8.